The van der Waals surface area contributed by atoms with Crippen LogP contribution in [0.5, 0.6) is 0 Å². The first kappa shape index (κ1) is 69.1. The summed E-state index contributed by atoms with van der Waals surface area (Å²) in [6.07, 6.45) is 32.3. The van der Waals surface area contributed by atoms with Gasteiger partial charge in [-0.15, -0.1) is 0 Å². The van der Waals surface area contributed by atoms with Crippen LogP contribution in [0.2, 0.25) is 0 Å². The lowest BCUT2D eigenvalue weighted by molar-refractivity contribution is -0.660. The van der Waals surface area contributed by atoms with Gasteiger partial charge in [0, 0.05) is 73.5 Å². The van der Waals surface area contributed by atoms with Crippen molar-refractivity contribution in [1.82, 2.24) is 0 Å². The van der Waals surface area contributed by atoms with Crippen molar-refractivity contribution in [1.29, 1.82) is 0 Å². The highest BCUT2D eigenvalue weighted by Gasteiger charge is 2.23. The zero-order valence-corrected chi connectivity index (χ0v) is 62.8. The Balaban J connectivity index is 0.000000124. The van der Waals surface area contributed by atoms with Gasteiger partial charge < -0.3 is 0 Å². The van der Waals surface area contributed by atoms with Gasteiger partial charge in [-0.2, -0.15) is 0 Å². The fourth-order valence-electron chi connectivity index (χ4n) is 16.5. The lowest BCUT2D eigenvalue weighted by Crippen LogP contribution is -2.30. The van der Waals surface area contributed by atoms with Crippen LogP contribution in [0.4, 0.5) is 0 Å². The monoisotopic (exact) mass is 1360 g/mol. The number of rotatable bonds is 12. The van der Waals surface area contributed by atoms with Crippen LogP contribution in [0, 0.1) is 27.7 Å². The van der Waals surface area contributed by atoms with E-state index in [4.69, 9.17) is 2.74 Å². The third kappa shape index (κ3) is 17.9. The van der Waals surface area contributed by atoms with E-state index in [1.807, 2.05) is 0 Å². The maximum Gasteiger partial charge on any atom is 0.213 e. The summed E-state index contributed by atoms with van der Waals surface area (Å²) >= 11 is 0. The minimum atomic E-state index is -0.395. The van der Waals surface area contributed by atoms with Gasteiger partial charge in [0.25, 0.3) is 0 Å². The molecule has 0 radical (unpaired) electrons. The zero-order valence-electron chi connectivity index (χ0n) is 64.8. The summed E-state index contributed by atoms with van der Waals surface area (Å²) in [6, 6.07) is 88.2. The lowest BCUT2D eigenvalue weighted by atomic mass is 9.83. The Morgan fingerprint density at radius 1 is 0.233 bits per heavy atom. The van der Waals surface area contributed by atoms with Crippen LogP contribution in [-0.4, -0.2) is 0 Å². The van der Waals surface area contributed by atoms with Gasteiger partial charge in [0.1, 0.15) is 28.2 Å². The van der Waals surface area contributed by atoms with E-state index in [0.717, 1.165) is 43.1 Å². The largest absolute Gasteiger partial charge is 0.213 e. The van der Waals surface area contributed by atoms with Crippen LogP contribution < -0.4 is 18.3 Å². The van der Waals surface area contributed by atoms with Crippen molar-refractivity contribution >= 4 is 0 Å². The molecule has 0 spiro atoms. The summed E-state index contributed by atoms with van der Waals surface area (Å²) in [5.41, 5.74) is 30.8. The molecule has 0 N–H and O–H groups in total. The molecule has 4 fully saturated rings. The summed E-state index contributed by atoms with van der Waals surface area (Å²) in [7, 11) is 8.45. The van der Waals surface area contributed by atoms with E-state index in [-0.39, 0.29) is 5.89 Å². The van der Waals surface area contributed by atoms with Crippen LogP contribution >= 0.6 is 0 Å². The molecule has 0 saturated heterocycles. The van der Waals surface area contributed by atoms with Crippen LogP contribution in [-0.2, 0) is 28.2 Å². The highest BCUT2D eigenvalue weighted by atomic mass is 14.9. The molecule has 4 nitrogen and oxygen atoms in total. The van der Waals surface area contributed by atoms with Gasteiger partial charge in [0.15, 0.2) is 24.8 Å². The first-order valence-corrected chi connectivity index (χ1v) is 38.7. The minimum Gasteiger partial charge on any atom is -0.201 e. The fraction of sp³-hybridized carbons (Fsp3) is 0.313. The molecule has 4 aromatic heterocycles. The molecule has 0 unspecified atom stereocenters. The van der Waals surface area contributed by atoms with E-state index in [1.165, 1.54) is 225 Å². The van der Waals surface area contributed by atoms with Gasteiger partial charge in [0.05, 0.1) is 0 Å². The predicted molar refractivity (Wildman–Crippen MR) is 432 cm³/mol. The first-order chi connectivity index (χ1) is 51.1. The number of aromatic nitrogens is 4. The van der Waals surface area contributed by atoms with Gasteiger partial charge in [-0.25, -0.2) is 18.3 Å². The SMILES string of the molecule is Cc1ccccc1-c1cc(-c2ccc(C3CCCCC3)cc2)cc[n+]1C.Cc1ccccc1-c1cc(-c2cccc(C3CCCCC3)c2)cc[n+]1C.[2H]C1(c2ccc(-c3cc[n+](C)c(-c4ccccc4C)c3)cc2)CCCCC1.[2H]C1(c2cccc(-c3cc[n+](C)c(-c4ccccc4C)c3)c2)CCCC1. The molecular formula is C99H110N4+4. The van der Waals surface area contributed by atoms with Gasteiger partial charge in [0.2, 0.25) is 22.8 Å². The Kier molecular flexibility index (Phi) is 23.2. The maximum absolute atomic E-state index is 8.83. The highest BCUT2D eigenvalue weighted by Crippen LogP contribution is 2.40. The second kappa shape index (κ2) is 34.6. The summed E-state index contributed by atoms with van der Waals surface area (Å²) in [6.45, 7) is 8.69. The highest BCUT2D eigenvalue weighted by molar-refractivity contribution is 5.74. The van der Waals surface area contributed by atoms with Crippen LogP contribution in [0.25, 0.3) is 89.5 Å². The molecule has 0 aliphatic heterocycles. The van der Waals surface area contributed by atoms with E-state index >= 15 is 0 Å². The first-order valence-electron chi connectivity index (χ1n) is 39.7. The van der Waals surface area contributed by atoms with Crippen LogP contribution in [0.3, 0.4) is 0 Å². The number of benzene rings is 8. The fourth-order valence-corrected chi connectivity index (χ4v) is 16.5. The molecule has 12 aromatic rings. The quantitative estimate of drug-likeness (QED) is 0.108. The smallest absolute Gasteiger partial charge is 0.201 e. The molecule has 4 heterocycles. The molecule has 4 aliphatic carbocycles. The normalized spacial score (nSPS) is 16.0. The van der Waals surface area contributed by atoms with Gasteiger partial charge in [-0.1, -0.05) is 240 Å². The number of hydrogen-bond acceptors (Lipinski definition) is 0. The van der Waals surface area contributed by atoms with E-state index in [0.29, 0.717) is 0 Å². The molecule has 522 valence electrons. The molecule has 16 rings (SSSR count). The van der Waals surface area contributed by atoms with Gasteiger partial charge >= 0.3 is 0 Å². The summed E-state index contributed by atoms with van der Waals surface area (Å²) in [4.78, 5) is 0. The predicted octanol–water partition coefficient (Wildman–Crippen LogP) is 24.4. The van der Waals surface area contributed by atoms with E-state index in [2.05, 4.69) is 342 Å². The van der Waals surface area contributed by atoms with Crippen LogP contribution in [0.15, 0.2) is 267 Å². The molecule has 4 saturated carbocycles. The van der Waals surface area contributed by atoms with Crippen molar-refractivity contribution in [3.63, 3.8) is 0 Å². The summed E-state index contributed by atoms with van der Waals surface area (Å²) in [5, 5.41) is 0. The Hall–Kier alpha value is -9.64. The van der Waals surface area contributed by atoms with Crippen molar-refractivity contribution in [2.45, 2.75) is 173 Å². The third-order valence-electron chi connectivity index (χ3n) is 22.8. The van der Waals surface area contributed by atoms with Gasteiger partial charge in [-0.3, -0.25) is 0 Å². The molecule has 0 atom stereocenters. The maximum atomic E-state index is 8.83. The number of nitrogens with zero attached hydrogens (tertiary/aromatic N) is 4. The molecule has 0 bridgehead atoms. The van der Waals surface area contributed by atoms with Crippen molar-refractivity contribution in [2.24, 2.45) is 28.2 Å². The molecular weight excluding hydrogens is 1250 g/mol. The Morgan fingerprint density at radius 2 is 0.505 bits per heavy atom. The molecule has 103 heavy (non-hydrogen) atoms. The van der Waals surface area contributed by atoms with E-state index in [1.54, 1.807) is 0 Å². The lowest BCUT2D eigenvalue weighted by Gasteiger charge is -2.22. The molecule has 4 heteroatoms. The standard InChI is InChI=1S/3C25H28N.C24H26N/c1-19-9-6-7-14-24(19)25-18-23(15-16-26(25)2)22-13-8-12-21(17-22)20-10-4-3-5-11-20;2*1-19-8-6-7-11-24(19)25-18-23(16-17-26(25)2)22-14-12-21(13-15-22)20-9-4-3-5-10-20;1-18-8-3-6-13-23(18)24-17-22(14-15-25(24)2)21-12-7-11-20(16-21)19-9-4-5-10-19/h6-9,12-18,20H,3-5,10-11H2,1-2H3;2*6-8,11-18,20H,3-5,9-10H2,1-2H3;3,6-8,11-17,19H,4-5,9-10H2,1-2H3/q4*+1/i;20D;;19D. The summed E-state index contributed by atoms with van der Waals surface area (Å²) < 4.78 is 26.4. The average Bonchev–Trinajstić information content (AvgIpc) is 1.57. The number of pyridine rings is 4. The van der Waals surface area contributed by atoms with Crippen molar-refractivity contribution in [3.05, 3.63) is 312 Å². The Morgan fingerprint density at radius 3 is 0.864 bits per heavy atom. The number of hydrogen-bond donors (Lipinski definition) is 0. The van der Waals surface area contributed by atoms with Crippen molar-refractivity contribution < 1.29 is 21.0 Å². The minimum absolute atomic E-state index is 0.383. The average molecular weight is 1360 g/mol. The van der Waals surface area contributed by atoms with Crippen molar-refractivity contribution in [2.75, 3.05) is 0 Å². The molecule has 4 aliphatic rings. The van der Waals surface area contributed by atoms with Crippen molar-refractivity contribution in [3.8, 4) is 89.5 Å². The summed E-state index contributed by atoms with van der Waals surface area (Å²) in [5.74, 6) is 0.744. The van der Waals surface area contributed by atoms with Crippen LogP contribution in [0.1, 0.15) is 193 Å². The molecule has 0 amide bonds. The zero-order chi connectivity index (χ0) is 72.9. The Labute approximate surface area is 620 Å². The Bertz CT molecular complexity index is 4910. The number of aryl methyl sites for hydroxylation is 8. The topological polar surface area (TPSA) is 15.5 Å². The second-order valence-electron chi connectivity index (χ2n) is 30.0. The van der Waals surface area contributed by atoms with E-state index < -0.39 is 5.89 Å². The third-order valence-corrected chi connectivity index (χ3v) is 22.8. The molecule has 8 aromatic carbocycles. The van der Waals surface area contributed by atoms with E-state index in [9.17, 15) is 0 Å². The van der Waals surface area contributed by atoms with Gasteiger partial charge in [-0.05, 0) is 216 Å². The second-order valence-corrected chi connectivity index (χ2v) is 30.0.